The van der Waals surface area contributed by atoms with Crippen molar-refractivity contribution in [2.75, 3.05) is 38.9 Å². The number of hydrogen-bond acceptors (Lipinski definition) is 6. The molecule has 1 atom stereocenters. The zero-order valence-corrected chi connectivity index (χ0v) is 12.7. The van der Waals surface area contributed by atoms with E-state index in [1.54, 1.807) is 18.4 Å². The molecule has 0 fully saturated rings. The van der Waals surface area contributed by atoms with Gasteiger partial charge in [-0.05, 0) is 6.26 Å². The van der Waals surface area contributed by atoms with Crippen LogP contribution >= 0.6 is 23.1 Å². The fourth-order valence-electron chi connectivity index (χ4n) is 1.26. The van der Waals surface area contributed by atoms with Crippen molar-refractivity contribution in [2.24, 2.45) is 0 Å². The molecular weight excluding hydrogens is 254 g/mol. The zero-order valence-electron chi connectivity index (χ0n) is 11.1. The minimum Gasteiger partial charge on any atom is -0.480 e. The summed E-state index contributed by atoms with van der Waals surface area (Å²) in [5, 5.41) is 5.04. The fourth-order valence-corrected chi connectivity index (χ4v) is 2.47. The molecule has 0 aliphatic rings. The maximum atomic E-state index is 5.29. The minimum absolute atomic E-state index is 0.627. The lowest BCUT2D eigenvalue weighted by atomic mass is 10.4. The van der Waals surface area contributed by atoms with Crippen molar-refractivity contribution in [3.05, 3.63) is 4.88 Å². The number of thioether (sulfide) groups is 1. The Balaban J connectivity index is 2.57. The first-order valence-electron chi connectivity index (χ1n) is 5.53. The Bertz CT molecular complexity index is 341. The van der Waals surface area contributed by atoms with Crippen LogP contribution in [0.3, 0.4) is 0 Å². The molecule has 98 valence electrons. The largest absolute Gasteiger partial charge is 0.480 e. The van der Waals surface area contributed by atoms with Gasteiger partial charge in [-0.2, -0.15) is 16.7 Å². The molecule has 1 unspecified atom stereocenters. The number of anilines is 1. The molecule has 17 heavy (non-hydrogen) atoms. The van der Waals surface area contributed by atoms with Gasteiger partial charge in [0, 0.05) is 32.4 Å². The number of hydrogen-bond donors (Lipinski definition) is 1. The molecule has 6 heteroatoms. The fraction of sp³-hybridized carbons (Fsp3) is 0.727. The predicted octanol–water partition coefficient (Wildman–Crippen LogP) is 2.06. The van der Waals surface area contributed by atoms with E-state index in [-0.39, 0.29) is 0 Å². The van der Waals surface area contributed by atoms with E-state index in [0.717, 1.165) is 29.0 Å². The van der Waals surface area contributed by atoms with Gasteiger partial charge in [0.05, 0.1) is 12.0 Å². The Morgan fingerprint density at radius 1 is 1.53 bits per heavy atom. The third-order valence-electron chi connectivity index (χ3n) is 2.35. The van der Waals surface area contributed by atoms with Gasteiger partial charge < -0.3 is 15.0 Å². The minimum atomic E-state index is 0.627. The summed E-state index contributed by atoms with van der Waals surface area (Å²) in [6, 6.07) is 0. The molecule has 0 saturated carbocycles. The molecule has 0 amide bonds. The van der Waals surface area contributed by atoms with E-state index in [9.17, 15) is 0 Å². The van der Waals surface area contributed by atoms with Gasteiger partial charge in [0.25, 0.3) is 0 Å². The molecule has 0 aliphatic carbocycles. The highest BCUT2D eigenvalue weighted by atomic mass is 32.2. The summed E-state index contributed by atoms with van der Waals surface area (Å²) in [5.74, 6) is 0.739. The number of aromatic nitrogens is 1. The van der Waals surface area contributed by atoms with Gasteiger partial charge in [-0.1, -0.05) is 18.3 Å². The van der Waals surface area contributed by atoms with Gasteiger partial charge in [-0.3, -0.25) is 0 Å². The van der Waals surface area contributed by atoms with Crippen LogP contribution in [0.5, 0.6) is 5.88 Å². The molecule has 0 saturated heterocycles. The van der Waals surface area contributed by atoms with E-state index >= 15 is 0 Å². The lowest BCUT2D eigenvalue weighted by Crippen LogP contribution is -2.21. The van der Waals surface area contributed by atoms with Crippen LogP contribution in [0.15, 0.2) is 0 Å². The molecule has 0 spiro atoms. The lowest BCUT2D eigenvalue weighted by Gasteiger charge is -2.09. The molecule has 0 aliphatic heterocycles. The first-order chi connectivity index (χ1) is 8.08. The maximum Gasteiger partial charge on any atom is 0.230 e. The van der Waals surface area contributed by atoms with Crippen LogP contribution in [0.2, 0.25) is 0 Å². The van der Waals surface area contributed by atoms with Crippen molar-refractivity contribution in [2.45, 2.75) is 18.7 Å². The molecule has 1 aromatic rings. The SMILES string of the molecule is COc1nc(N(C)C)sc1CNCC(C)SC. The third kappa shape index (κ3) is 4.37. The van der Waals surface area contributed by atoms with E-state index in [1.807, 2.05) is 30.8 Å². The summed E-state index contributed by atoms with van der Waals surface area (Å²) in [7, 11) is 5.65. The number of thiazole rings is 1. The Hall–Kier alpha value is -0.460. The Morgan fingerprint density at radius 2 is 2.24 bits per heavy atom. The summed E-state index contributed by atoms with van der Waals surface area (Å²) in [4.78, 5) is 7.58. The van der Waals surface area contributed by atoms with Crippen molar-refractivity contribution >= 4 is 28.2 Å². The predicted molar refractivity (Wildman–Crippen MR) is 77.7 cm³/mol. The second kappa shape index (κ2) is 7.08. The number of nitrogens with zero attached hydrogens (tertiary/aromatic N) is 2. The van der Waals surface area contributed by atoms with Gasteiger partial charge in [0.2, 0.25) is 5.88 Å². The molecule has 1 heterocycles. The van der Waals surface area contributed by atoms with Gasteiger partial charge in [-0.15, -0.1) is 0 Å². The zero-order chi connectivity index (χ0) is 12.8. The molecule has 1 N–H and O–H groups in total. The van der Waals surface area contributed by atoms with E-state index in [4.69, 9.17) is 4.74 Å². The van der Waals surface area contributed by atoms with Gasteiger partial charge in [0.1, 0.15) is 0 Å². The van der Waals surface area contributed by atoms with Crippen LogP contribution in [0.4, 0.5) is 5.13 Å². The molecule has 0 radical (unpaired) electrons. The van der Waals surface area contributed by atoms with E-state index in [1.165, 1.54) is 0 Å². The molecule has 4 nitrogen and oxygen atoms in total. The highest BCUT2D eigenvalue weighted by Gasteiger charge is 2.12. The van der Waals surface area contributed by atoms with E-state index in [0.29, 0.717) is 5.25 Å². The van der Waals surface area contributed by atoms with E-state index in [2.05, 4.69) is 23.5 Å². The average Bonchev–Trinajstić information content (AvgIpc) is 2.72. The molecule has 1 rings (SSSR count). The monoisotopic (exact) mass is 275 g/mol. The van der Waals surface area contributed by atoms with Gasteiger partial charge in [-0.25, -0.2) is 0 Å². The average molecular weight is 275 g/mol. The number of methoxy groups -OCH3 is 1. The van der Waals surface area contributed by atoms with Crippen molar-refractivity contribution in [1.82, 2.24) is 10.3 Å². The van der Waals surface area contributed by atoms with Crippen LogP contribution in [0.25, 0.3) is 0 Å². The number of ether oxygens (including phenoxy) is 1. The summed E-state index contributed by atoms with van der Waals surface area (Å²) in [6.45, 7) is 4.03. The summed E-state index contributed by atoms with van der Waals surface area (Å²) in [6.07, 6.45) is 2.13. The Kier molecular flexibility index (Phi) is 6.08. The molecule has 0 bridgehead atoms. The molecular formula is C11H21N3OS2. The first kappa shape index (κ1) is 14.6. The Labute approximate surface area is 112 Å². The molecule has 1 aromatic heterocycles. The second-order valence-electron chi connectivity index (χ2n) is 4.00. The van der Waals surface area contributed by atoms with Crippen LogP contribution in [0, 0.1) is 0 Å². The third-order valence-corrected chi connectivity index (χ3v) is 4.52. The van der Waals surface area contributed by atoms with Crippen molar-refractivity contribution in [3.8, 4) is 5.88 Å². The van der Waals surface area contributed by atoms with E-state index < -0.39 is 0 Å². The van der Waals surface area contributed by atoms with Crippen LogP contribution in [0.1, 0.15) is 11.8 Å². The maximum absolute atomic E-state index is 5.29. The first-order valence-corrected chi connectivity index (χ1v) is 7.63. The topological polar surface area (TPSA) is 37.4 Å². The molecule has 0 aromatic carbocycles. The van der Waals surface area contributed by atoms with Crippen LogP contribution in [-0.2, 0) is 6.54 Å². The van der Waals surface area contributed by atoms with Gasteiger partial charge >= 0.3 is 0 Å². The lowest BCUT2D eigenvalue weighted by molar-refractivity contribution is 0.395. The quantitative estimate of drug-likeness (QED) is 0.824. The summed E-state index contributed by atoms with van der Waals surface area (Å²) < 4.78 is 5.29. The van der Waals surface area contributed by atoms with Crippen molar-refractivity contribution in [3.63, 3.8) is 0 Å². The smallest absolute Gasteiger partial charge is 0.230 e. The Morgan fingerprint density at radius 3 is 2.76 bits per heavy atom. The second-order valence-corrected chi connectivity index (χ2v) is 6.34. The van der Waals surface area contributed by atoms with Gasteiger partial charge in [0.15, 0.2) is 5.13 Å². The number of nitrogens with one attached hydrogen (secondary N) is 1. The standard InChI is InChI=1S/C11H21N3OS2/c1-8(16-5)6-12-7-9-10(15-4)13-11(17-9)14(2)3/h8,12H,6-7H2,1-5H3. The summed E-state index contributed by atoms with van der Waals surface area (Å²) >= 11 is 3.54. The van der Waals surface area contributed by atoms with Crippen molar-refractivity contribution < 1.29 is 4.74 Å². The normalized spacial score (nSPS) is 12.5. The van der Waals surface area contributed by atoms with Crippen LogP contribution in [-0.4, -0.2) is 44.2 Å². The van der Waals surface area contributed by atoms with Crippen LogP contribution < -0.4 is 15.0 Å². The highest BCUT2D eigenvalue weighted by molar-refractivity contribution is 7.99. The highest BCUT2D eigenvalue weighted by Crippen LogP contribution is 2.30. The summed E-state index contributed by atoms with van der Waals surface area (Å²) in [5.41, 5.74) is 0. The number of rotatable bonds is 7. The van der Waals surface area contributed by atoms with Crippen molar-refractivity contribution in [1.29, 1.82) is 0 Å².